The lowest BCUT2D eigenvalue weighted by molar-refractivity contribution is -0.145. The van der Waals surface area contributed by atoms with Gasteiger partial charge >= 0.3 is 5.97 Å². The number of para-hydroxylation sites is 1. The maximum atomic E-state index is 15.4. The molecule has 3 fully saturated rings. The van der Waals surface area contributed by atoms with Gasteiger partial charge in [0.05, 0.1) is 45.6 Å². The molecule has 1 aliphatic carbocycles. The molecule has 6 heterocycles. The standard InChI is InChI=1S/C65H68F2N10O10S3/c1-38-55(88-37-69-38)41-17-18-42(33-68-58(81)48-32-43(78)34-77(48)59(82)56(64(2,3)4)72-61(85)65(67)21-22-65)50(31-41)87-36-53(79)75-27-25-74(26-28-75)23-8-10-39-16-19-49(46(66)30-39)86-29-9-15-52-54(60(83)84)71-63(90-52)76-24-20-40-11-7-12-44(45(40)35-76)57(80)73-62-70-47-13-5-6-14-51(47)89-62/h5-7,11-14,16-19,30-31,37,43,48,56,78H,9,15,20-29,32-36H2,1-4H3,(H,68,81)(H,72,85)(H,83,84)(H,70,73,80)/t43-,48+,56-/m1/s1. The van der Waals surface area contributed by atoms with Crippen molar-refractivity contribution in [3.8, 4) is 33.8 Å². The number of aliphatic hydroxyl groups excluding tert-OH is 1. The number of fused-ring (bicyclic) bond motifs is 2. The zero-order valence-electron chi connectivity index (χ0n) is 50.1. The first kappa shape index (κ1) is 63.2. The molecule has 0 spiro atoms. The quantitative estimate of drug-likeness (QED) is 0.0358. The Morgan fingerprint density at radius 3 is 2.46 bits per heavy atom. The van der Waals surface area contributed by atoms with Gasteiger partial charge in [0, 0.05) is 80.3 Å². The number of carbonyl (C=O) groups is 6. The van der Waals surface area contributed by atoms with E-state index in [4.69, 9.17) is 9.47 Å². The van der Waals surface area contributed by atoms with Crippen molar-refractivity contribution in [2.24, 2.45) is 5.41 Å². The second-order valence-corrected chi connectivity index (χ2v) is 26.9. The fraction of sp³-hybridized carbons (Fsp3) is 0.400. The van der Waals surface area contributed by atoms with Crippen LogP contribution in [0.2, 0.25) is 0 Å². The average Bonchev–Trinajstić information content (AvgIpc) is 2.39. The summed E-state index contributed by atoms with van der Waals surface area (Å²) in [4.78, 5) is 102. The molecule has 90 heavy (non-hydrogen) atoms. The van der Waals surface area contributed by atoms with Crippen LogP contribution in [0.3, 0.4) is 0 Å². The number of carboxylic acid groups (broad SMARTS) is 1. The molecule has 5 N–H and O–H groups in total. The number of anilines is 2. The van der Waals surface area contributed by atoms with Gasteiger partial charge < -0.3 is 45.0 Å². The first-order valence-electron chi connectivity index (χ1n) is 29.8. The second kappa shape index (κ2) is 27.0. The fourth-order valence-electron chi connectivity index (χ4n) is 11.2. The molecule has 4 aliphatic rings. The lowest BCUT2D eigenvalue weighted by atomic mass is 9.85. The van der Waals surface area contributed by atoms with Gasteiger partial charge in [-0.3, -0.25) is 34.2 Å². The third-order valence-electron chi connectivity index (χ3n) is 16.4. The van der Waals surface area contributed by atoms with Gasteiger partial charge in [-0.1, -0.05) is 80.3 Å². The van der Waals surface area contributed by atoms with Gasteiger partial charge in [-0.25, -0.2) is 28.5 Å². The number of alkyl halides is 1. The number of aromatic carboxylic acids is 1. The van der Waals surface area contributed by atoms with E-state index in [1.54, 1.807) is 55.4 Å². The van der Waals surface area contributed by atoms with Crippen molar-refractivity contribution in [1.82, 2.24) is 40.3 Å². The molecule has 0 bridgehead atoms. The summed E-state index contributed by atoms with van der Waals surface area (Å²) >= 11 is 4.14. The van der Waals surface area contributed by atoms with Crippen LogP contribution in [-0.2, 0) is 45.1 Å². The average molecular weight is 1280 g/mol. The summed E-state index contributed by atoms with van der Waals surface area (Å²) in [5.41, 5.74) is 4.68. The summed E-state index contributed by atoms with van der Waals surface area (Å²) in [5.74, 6) is 2.28. The molecule has 7 aromatic rings. The molecule has 5 amide bonds. The number of aryl methyl sites for hydroxylation is 2. The number of β-amino-alcohol motifs (C(OH)–C–C–N with tert-alkyl or cyclic N) is 1. The van der Waals surface area contributed by atoms with Gasteiger partial charge in [0.2, 0.25) is 11.8 Å². The number of piperazine rings is 1. The van der Waals surface area contributed by atoms with E-state index in [9.17, 15) is 43.4 Å². The van der Waals surface area contributed by atoms with Gasteiger partial charge in [-0.2, -0.15) is 0 Å². The Kier molecular flexibility index (Phi) is 18.9. The maximum Gasteiger partial charge on any atom is 0.355 e. The monoisotopic (exact) mass is 1280 g/mol. The number of carboxylic acids is 1. The molecule has 3 aromatic heterocycles. The molecular weight excluding hydrogens is 1210 g/mol. The highest BCUT2D eigenvalue weighted by atomic mass is 32.1. The minimum absolute atomic E-state index is 0.0401. The fourth-order valence-corrected chi connectivity index (χ4v) is 14.0. The number of amides is 5. The van der Waals surface area contributed by atoms with E-state index in [-0.39, 0.29) is 68.8 Å². The number of ether oxygens (including phenoxy) is 2. The Morgan fingerprint density at radius 1 is 0.922 bits per heavy atom. The smallest absolute Gasteiger partial charge is 0.355 e. The lowest BCUT2D eigenvalue weighted by Gasteiger charge is -2.35. The SMILES string of the molecule is Cc1ncsc1-c1ccc(CNC(=O)[C@@H]2C[C@@H](O)CN2C(=O)[C@@H](NC(=O)C2(F)CC2)C(C)(C)C)c(OCC(=O)N2CCN(CC#Cc3ccc(OCCCc4sc(N5CCc6cccc(C(=O)Nc7nc8ccccc8s7)c6C5)nc4C(=O)O)c(F)c3)CC2)c1. The van der Waals surface area contributed by atoms with Crippen molar-refractivity contribution in [3.05, 3.63) is 134 Å². The van der Waals surface area contributed by atoms with Crippen molar-refractivity contribution in [3.63, 3.8) is 0 Å². The number of aliphatic hydroxyl groups is 1. The summed E-state index contributed by atoms with van der Waals surface area (Å²) in [6, 6.07) is 21.1. The summed E-state index contributed by atoms with van der Waals surface area (Å²) < 4.78 is 43.1. The molecular formula is C65H68F2N10O10S3. The van der Waals surface area contributed by atoms with Crippen LogP contribution in [0.25, 0.3) is 20.7 Å². The third kappa shape index (κ3) is 14.6. The number of rotatable bonds is 20. The van der Waals surface area contributed by atoms with Crippen molar-refractivity contribution < 1.29 is 57.2 Å². The molecule has 0 unspecified atom stereocenters. The Morgan fingerprint density at radius 2 is 1.72 bits per heavy atom. The van der Waals surface area contributed by atoms with Crippen LogP contribution in [-0.4, -0.2) is 158 Å². The highest BCUT2D eigenvalue weighted by Crippen LogP contribution is 2.41. The van der Waals surface area contributed by atoms with Crippen LogP contribution in [0.1, 0.15) is 100 Å². The first-order valence-corrected chi connectivity index (χ1v) is 32.3. The van der Waals surface area contributed by atoms with E-state index in [1.165, 1.54) is 51.0 Å². The molecule has 3 atom stereocenters. The van der Waals surface area contributed by atoms with Crippen molar-refractivity contribution >= 4 is 90.0 Å². The van der Waals surface area contributed by atoms with Crippen LogP contribution >= 0.6 is 34.0 Å². The summed E-state index contributed by atoms with van der Waals surface area (Å²) in [6.45, 7) is 9.96. The number of hydrogen-bond donors (Lipinski definition) is 5. The molecule has 1 saturated carbocycles. The number of thiazole rings is 3. The zero-order valence-corrected chi connectivity index (χ0v) is 52.6. The van der Waals surface area contributed by atoms with Crippen LogP contribution in [0.4, 0.5) is 19.0 Å². The summed E-state index contributed by atoms with van der Waals surface area (Å²) in [5, 5.41) is 30.3. The molecule has 0 radical (unpaired) electrons. The van der Waals surface area contributed by atoms with Crippen molar-refractivity contribution in [1.29, 1.82) is 0 Å². The number of hydrogen-bond acceptors (Lipinski definition) is 17. The van der Waals surface area contributed by atoms with Crippen LogP contribution in [0.5, 0.6) is 11.5 Å². The van der Waals surface area contributed by atoms with Crippen LogP contribution in [0.15, 0.2) is 84.4 Å². The van der Waals surface area contributed by atoms with E-state index in [1.807, 2.05) is 54.3 Å². The highest BCUT2D eigenvalue weighted by molar-refractivity contribution is 7.22. The Bertz CT molecular complexity index is 3920. The topological polar surface area (TPSA) is 249 Å². The van der Waals surface area contributed by atoms with Crippen molar-refractivity contribution in [2.45, 2.75) is 103 Å². The van der Waals surface area contributed by atoms with Gasteiger partial charge in [0.25, 0.3) is 17.7 Å². The molecule has 20 nitrogen and oxygen atoms in total. The number of nitrogens with one attached hydrogen (secondary N) is 3. The number of nitrogens with zero attached hydrogens (tertiary/aromatic N) is 7. The summed E-state index contributed by atoms with van der Waals surface area (Å²) in [7, 11) is 0. The van der Waals surface area contributed by atoms with Crippen LogP contribution < -0.4 is 30.3 Å². The molecule has 25 heteroatoms. The van der Waals surface area contributed by atoms with Gasteiger partial charge in [0.1, 0.15) is 17.8 Å². The van der Waals surface area contributed by atoms with E-state index >= 15 is 4.39 Å². The predicted octanol–water partition coefficient (Wildman–Crippen LogP) is 8.03. The number of halogens is 2. The Labute approximate surface area is 530 Å². The highest BCUT2D eigenvalue weighted by Gasteiger charge is 2.53. The minimum Gasteiger partial charge on any atom is -0.491 e. The predicted molar refractivity (Wildman–Crippen MR) is 338 cm³/mol. The van der Waals surface area contributed by atoms with E-state index in [2.05, 4.69) is 47.6 Å². The largest absolute Gasteiger partial charge is 0.491 e. The number of likely N-dealkylation sites (tertiary alicyclic amines) is 1. The van der Waals surface area contributed by atoms with Gasteiger partial charge in [-0.05, 0) is 104 Å². The zero-order chi connectivity index (χ0) is 63.4. The third-order valence-corrected chi connectivity index (χ3v) is 19.5. The number of carbonyl (C=O) groups excluding carboxylic acids is 5. The van der Waals surface area contributed by atoms with E-state index in [0.29, 0.717) is 103 Å². The van der Waals surface area contributed by atoms with Gasteiger partial charge in [0.15, 0.2) is 39.8 Å². The maximum absolute atomic E-state index is 15.4. The molecule has 11 rings (SSSR count). The lowest BCUT2D eigenvalue weighted by Crippen LogP contribution is -2.59. The first-order chi connectivity index (χ1) is 43.2. The van der Waals surface area contributed by atoms with E-state index < -0.39 is 58.8 Å². The Balaban J connectivity index is 0.638. The molecule has 4 aromatic carbocycles. The summed E-state index contributed by atoms with van der Waals surface area (Å²) in [6.07, 6.45) is 0.480. The Hall–Kier alpha value is -8.41. The number of aromatic nitrogens is 3. The second-order valence-electron chi connectivity index (χ2n) is 23.9. The normalized spacial score (nSPS) is 17.4. The molecule has 2 saturated heterocycles. The van der Waals surface area contributed by atoms with E-state index in [0.717, 1.165) is 37.5 Å². The van der Waals surface area contributed by atoms with Crippen molar-refractivity contribution in [2.75, 3.05) is 69.2 Å². The van der Waals surface area contributed by atoms with Crippen LogP contribution in [0, 0.1) is 30.0 Å². The molecule has 470 valence electrons. The van der Waals surface area contributed by atoms with Gasteiger partial charge in [-0.15, -0.1) is 22.7 Å². The minimum atomic E-state index is -2.01. The number of benzene rings is 4. The molecule has 3 aliphatic heterocycles.